The van der Waals surface area contributed by atoms with Crippen LogP contribution in [-0.2, 0) is 15.6 Å². The predicted molar refractivity (Wildman–Crippen MR) is 251 cm³/mol. The van der Waals surface area contributed by atoms with Crippen LogP contribution < -0.4 is 0 Å². The van der Waals surface area contributed by atoms with E-state index in [9.17, 15) is 0 Å². The molecule has 0 fully saturated rings. The topological polar surface area (TPSA) is 0 Å². The number of hydrogen-bond donors (Lipinski definition) is 0. The maximum atomic E-state index is 9.06. The van der Waals surface area contributed by atoms with Crippen molar-refractivity contribution in [1.82, 2.24) is 0 Å². The summed E-state index contributed by atoms with van der Waals surface area (Å²) in [6, 6.07) is 28.2. The molecule has 4 heteroatoms. The van der Waals surface area contributed by atoms with Gasteiger partial charge in [-0.05, 0) is 0 Å². The average molecular weight is 884 g/mol. The fraction of sp³-hybridized carbons (Fsp3) is 0.462. The first-order chi connectivity index (χ1) is 26.6. The van der Waals surface area contributed by atoms with Crippen LogP contribution in [0.15, 0.2) is 83.9 Å². The van der Waals surface area contributed by atoms with Gasteiger partial charge in [-0.25, -0.2) is 0 Å². The normalized spacial score (nSPS) is 17.5. The van der Waals surface area contributed by atoms with Gasteiger partial charge in [0, 0.05) is 0 Å². The van der Waals surface area contributed by atoms with E-state index in [0.29, 0.717) is 23.7 Å². The molecule has 2 aliphatic carbocycles. The van der Waals surface area contributed by atoms with Gasteiger partial charge in [0.1, 0.15) is 0 Å². The molecule has 0 nitrogen and oxygen atoms in total. The molecular formula is C52H69Cl2SiZr. The van der Waals surface area contributed by atoms with Crippen LogP contribution in [-0.4, -0.2) is 5.92 Å². The Morgan fingerprint density at radius 2 is 0.875 bits per heavy atom. The third kappa shape index (κ3) is 7.55. The number of benzene rings is 4. The Kier molecular flexibility index (Phi) is 13.5. The summed E-state index contributed by atoms with van der Waals surface area (Å²) in [6.07, 6.45) is 11.9. The number of fused-ring (bicyclic) bond motifs is 2. The molecule has 0 bridgehead atoms. The van der Waals surface area contributed by atoms with Crippen molar-refractivity contribution in [2.24, 2.45) is 0 Å². The number of unbranched alkanes of at least 4 members (excludes halogenated alkanes) is 2. The summed E-state index contributed by atoms with van der Waals surface area (Å²) in [5, 5.41) is 0. The third-order valence-corrected chi connectivity index (χ3v) is 65.3. The summed E-state index contributed by atoms with van der Waals surface area (Å²) in [6.45, 7) is 28.4. The Hall–Kier alpha value is -1.96. The van der Waals surface area contributed by atoms with E-state index in [1.54, 1.807) is 0 Å². The number of rotatable bonds is 15. The van der Waals surface area contributed by atoms with E-state index in [-0.39, 0.29) is 7.25 Å². The first kappa shape index (κ1) is 43.6. The van der Waals surface area contributed by atoms with Crippen molar-refractivity contribution in [3.05, 3.63) is 128 Å². The molecule has 0 saturated carbocycles. The van der Waals surface area contributed by atoms with Crippen LogP contribution in [0.3, 0.4) is 0 Å². The molecule has 6 rings (SSSR count). The average Bonchev–Trinajstić information content (AvgIpc) is 3.75. The molecule has 0 aliphatic heterocycles. The summed E-state index contributed by atoms with van der Waals surface area (Å²) in [5.74, 6) is -0.0967. The van der Waals surface area contributed by atoms with Crippen molar-refractivity contribution in [2.75, 3.05) is 0 Å². The zero-order chi connectivity index (χ0) is 40.7. The van der Waals surface area contributed by atoms with Gasteiger partial charge in [-0.1, -0.05) is 0 Å². The number of allylic oxidation sites excluding steroid dienone is 2. The van der Waals surface area contributed by atoms with Crippen molar-refractivity contribution in [3.8, 4) is 22.3 Å². The molecule has 0 saturated heterocycles. The fourth-order valence-electron chi connectivity index (χ4n) is 10.4. The van der Waals surface area contributed by atoms with Crippen LogP contribution in [0.5, 0.6) is 0 Å². The van der Waals surface area contributed by atoms with Crippen LogP contribution in [0.1, 0.15) is 183 Å². The fourth-order valence-corrected chi connectivity index (χ4v) is 41.9. The Morgan fingerprint density at radius 3 is 1.20 bits per heavy atom. The predicted octanol–water partition coefficient (Wildman–Crippen LogP) is 17.5. The van der Waals surface area contributed by atoms with E-state index >= 15 is 0 Å². The molecule has 4 aromatic carbocycles. The maximum absolute atomic E-state index is 9.06. The second kappa shape index (κ2) is 17.3. The van der Waals surface area contributed by atoms with Crippen molar-refractivity contribution in [2.45, 2.75) is 152 Å². The van der Waals surface area contributed by atoms with E-state index in [1.807, 2.05) is 0 Å². The van der Waals surface area contributed by atoms with Gasteiger partial charge in [0.25, 0.3) is 0 Å². The molecule has 4 aromatic rings. The molecule has 0 aromatic heterocycles. The number of hydrogen-bond acceptors (Lipinski definition) is 0. The van der Waals surface area contributed by atoms with Crippen LogP contribution in [0.4, 0.5) is 0 Å². The second-order valence-electron chi connectivity index (χ2n) is 18.8. The Balaban J connectivity index is 1.70. The Bertz CT molecular complexity index is 1990. The van der Waals surface area contributed by atoms with Crippen LogP contribution >= 0.6 is 17.0 Å². The zero-order valence-corrected chi connectivity index (χ0v) is 41.7. The minimum atomic E-state index is -5.02. The molecular weight excluding hydrogens is 815 g/mol. The van der Waals surface area contributed by atoms with Gasteiger partial charge >= 0.3 is 353 Å². The molecule has 0 radical (unpaired) electrons. The van der Waals surface area contributed by atoms with Gasteiger partial charge in [-0.2, -0.15) is 0 Å². The van der Waals surface area contributed by atoms with Crippen LogP contribution in [0.25, 0.3) is 34.4 Å². The summed E-state index contributed by atoms with van der Waals surface area (Å²) >= 11 is -5.02. The summed E-state index contributed by atoms with van der Waals surface area (Å²) in [7, 11) is 18.1. The third-order valence-electron chi connectivity index (χ3n) is 13.4. The van der Waals surface area contributed by atoms with Gasteiger partial charge in [0.15, 0.2) is 0 Å². The molecule has 2 unspecified atom stereocenters. The Morgan fingerprint density at radius 1 is 0.518 bits per heavy atom. The zero-order valence-electron chi connectivity index (χ0n) is 36.6. The number of halogens is 2. The van der Waals surface area contributed by atoms with Crippen molar-refractivity contribution < 1.29 is 15.6 Å². The molecule has 0 amide bonds. The molecule has 56 heavy (non-hydrogen) atoms. The van der Waals surface area contributed by atoms with Gasteiger partial charge < -0.3 is 0 Å². The van der Waals surface area contributed by atoms with Crippen LogP contribution in [0, 0.1) is 0 Å². The van der Waals surface area contributed by atoms with Gasteiger partial charge in [0.05, 0.1) is 0 Å². The van der Waals surface area contributed by atoms with E-state index in [0.717, 1.165) is 38.5 Å². The van der Waals surface area contributed by atoms with Crippen molar-refractivity contribution in [1.29, 1.82) is 0 Å². The van der Waals surface area contributed by atoms with E-state index < -0.39 is 21.5 Å². The van der Waals surface area contributed by atoms with Gasteiger partial charge in [0.2, 0.25) is 0 Å². The molecule has 2 atom stereocenters. The molecule has 0 heterocycles. The SMILES string of the molecule is CCCCC1=Cc2c(ccc(C(C)C)c2-c2ccccc2C(C)C)[CH]1[Zr]([Cl])([Cl])([CH]1C(CCCC)=Cc2c1ccc(C(C)C)c2-c1ccccc1C(C)C)[SiH](C)C. The van der Waals surface area contributed by atoms with Crippen molar-refractivity contribution >= 4 is 35.1 Å². The Labute approximate surface area is 350 Å². The second-order valence-corrected chi connectivity index (χ2v) is 61.3. The van der Waals surface area contributed by atoms with Crippen molar-refractivity contribution in [3.63, 3.8) is 0 Å². The first-order valence-electron chi connectivity index (χ1n) is 22.1. The molecule has 0 N–H and O–H groups in total. The van der Waals surface area contributed by atoms with Gasteiger partial charge in [-0.15, -0.1) is 0 Å². The molecule has 0 spiro atoms. The van der Waals surface area contributed by atoms with Crippen LogP contribution in [0.2, 0.25) is 13.1 Å². The standard InChI is InChI=1S/2C25H31.C2H7Si.2ClH.Zr/c2*1-6-7-10-19-15-20-13-14-22(18(4)5)25(24(20)16-19)23-12-9-8-11-21(23)17(2)3;1-3-2;;;/h2*8-9,11-18H,6-7,10H2,1-5H3;3H,1-2H3;2*1H;/q;;;;;+2/p-2. The molecule has 299 valence electrons. The first-order valence-corrected chi connectivity index (χ1v) is 38.4. The van der Waals surface area contributed by atoms with E-state index in [1.165, 1.54) is 77.9 Å². The monoisotopic (exact) mass is 881 g/mol. The summed E-state index contributed by atoms with van der Waals surface area (Å²) < 4.78 is 0.188. The van der Waals surface area contributed by atoms with E-state index in [2.05, 4.69) is 167 Å². The minimum absolute atomic E-state index is 0.0938. The quantitative estimate of drug-likeness (QED) is 0.104. The summed E-state index contributed by atoms with van der Waals surface area (Å²) in [5.41, 5.74) is 19.9. The summed E-state index contributed by atoms with van der Waals surface area (Å²) in [4.78, 5) is 0. The van der Waals surface area contributed by atoms with E-state index in [4.69, 9.17) is 17.0 Å². The van der Waals surface area contributed by atoms with Gasteiger partial charge in [-0.3, -0.25) is 0 Å². The molecule has 2 aliphatic rings.